The summed E-state index contributed by atoms with van der Waals surface area (Å²) in [6.45, 7) is 3.98. The molecular formula is C14H14Cl2N4O. The van der Waals surface area contributed by atoms with E-state index < -0.39 is 5.91 Å². The minimum absolute atomic E-state index is 0.195. The van der Waals surface area contributed by atoms with Crippen LogP contribution in [0.15, 0.2) is 30.6 Å². The Morgan fingerprint density at radius 3 is 2.57 bits per heavy atom. The molecule has 110 valence electrons. The number of aromatic nitrogens is 2. The van der Waals surface area contributed by atoms with E-state index in [1.165, 1.54) is 12.4 Å². The average Bonchev–Trinajstić information content (AvgIpc) is 2.43. The van der Waals surface area contributed by atoms with Gasteiger partial charge in [0.2, 0.25) is 0 Å². The van der Waals surface area contributed by atoms with E-state index in [-0.39, 0.29) is 11.7 Å². The zero-order valence-corrected chi connectivity index (χ0v) is 13.0. The monoisotopic (exact) mass is 324 g/mol. The predicted molar refractivity (Wildman–Crippen MR) is 85.2 cm³/mol. The molecule has 5 nitrogen and oxygen atoms in total. The van der Waals surface area contributed by atoms with Crippen molar-refractivity contribution in [1.82, 2.24) is 9.97 Å². The Morgan fingerprint density at radius 1 is 1.19 bits per heavy atom. The molecule has 0 saturated heterocycles. The van der Waals surface area contributed by atoms with Gasteiger partial charge in [-0.25, -0.2) is 9.97 Å². The highest BCUT2D eigenvalue weighted by molar-refractivity contribution is 6.35. The van der Waals surface area contributed by atoms with Crippen molar-refractivity contribution < 1.29 is 4.79 Å². The van der Waals surface area contributed by atoms with E-state index in [0.29, 0.717) is 21.6 Å². The maximum atomic E-state index is 12.1. The molecule has 1 aromatic carbocycles. The summed E-state index contributed by atoms with van der Waals surface area (Å²) in [7, 11) is 0. The van der Waals surface area contributed by atoms with E-state index >= 15 is 0 Å². The molecule has 0 aliphatic carbocycles. The fourth-order valence-corrected chi connectivity index (χ4v) is 1.93. The van der Waals surface area contributed by atoms with Crippen LogP contribution >= 0.6 is 23.2 Å². The molecule has 0 radical (unpaired) electrons. The van der Waals surface area contributed by atoms with E-state index in [4.69, 9.17) is 23.2 Å². The fourth-order valence-electron chi connectivity index (χ4n) is 1.60. The lowest BCUT2D eigenvalue weighted by Gasteiger charge is -2.09. The molecule has 2 rings (SSSR count). The number of rotatable bonds is 4. The maximum Gasteiger partial charge on any atom is 0.275 e. The molecular weight excluding hydrogens is 311 g/mol. The zero-order chi connectivity index (χ0) is 15.4. The fraction of sp³-hybridized carbons (Fsp3) is 0.214. The number of nitrogens with zero attached hydrogens (tertiary/aromatic N) is 2. The van der Waals surface area contributed by atoms with E-state index in [1.807, 2.05) is 13.8 Å². The highest BCUT2D eigenvalue weighted by Crippen LogP contribution is 2.25. The molecule has 0 aliphatic heterocycles. The van der Waals surface area contributed by atoms with Crippen LogP contribution in [-0.4, -0.2) is 21.9 Å². The van der Waals surface area contributed by atoms with Crippen molar-refractivity contribution >= 4 is 40.6 Å². The van der Waals surface area contributed by atoms with Gasteiger partial charge in [-0.1, -0.05) is 23.2 Å². The Morgan fingerprint density at radius 2 is 1.95 bits per heavy atom. The van der Waals surface area contributed by atoms with Crippen LogP contribution in [0.5, 0.6) is 0 Å². The van der Waals surface area contributed by atoms with Crippen molar-refractivity contribution in [2.45, 2.75) is 19.9 Å². The molecule has 1 aromatic heterocycles. The third-order valence-electron chi connectivity index (χ3n) is 2.50. The predicted octanol–water partition coefficient (Wildman–Crippen LogP) is 3.86. The summed E-state index contributed by atoms with van der Waals surface area (Å²) in [6, 6.07) is 5.07. The molecule has 1 amide bonds. The van der Waals surface area contributed by atoms with Crippen LogP contribution in [0.2, 0.25) is 10.0 Å². The number of hydrogen-bond donors (Lipinski definition) is 2. The first-order valence-corrected chi connectivity index (χ1v) is 7.06. The van der Waals surface area contributed by atoms with Gasteiger partial charge in [-0.15, -0.1) is 0 Å². The van der Waals surface area contributed by atoms with Crippen LogP contribution in [0.3, 0.4) is 0 Å². The third-order valence-corrected chi connectivity index (χ3v) is 3.06. The molecule has 2 N–H and O–H groups in total. The average molecular weight is 325 g/mol. The van der Waals surface area contributed by atoms with Crippen LogP contribution in [0.25, 0.3) is 0 Å². The van der Waals surface area contributed by atoms with Crippen molar-refractivity contribution in [1.29, 1.82) is 0 Å². The smallest absolute Gasteiger partial charge is 0.275 e. The van der Waals surface area contributed by atoms with Gasteiger partial charge in [0.05, 0.1) is 23.1 Å². The second-order valence-corrected chi connectivity index (χ2v) is 5.51. The van der Waals surface area contributed by atoms with Crippen molar-refractivity contribution in [2.75, 3.05) is 10.6 Å². The number of anilines is 2. The summed E-state index contributed by atoms with van der Waals surface area (Å²) in [5, 5.41) is 6.63. The Balaban J connectivity index is 2.11. The van der Waals surface area contributed by atoms with Crippen LogP contribution in [0.1, 0.15) is 24.3 Å². The highest BCUT2D eigenvalue weighted by atomic mass is 35.5. The highest BCUT2D eigenvalue weighted by Gasteiger charge is 2.11. The van der Waals surface area contributed by atoms with Crippen molar-refractivity contribution in [2.24, 2.45) is 0 Å². The number of hydrogen-bond acceptors (Lipinski definition) is 4. The molecule has 0 aliphatic rings. The van der Waals surface area contributed by atoms with Crippen LogP contribution < -0.4 is 10.6 Å². The van der Waals surface area contributed by atoms with Gasteiger partial charge in [0, 0.05) is 11.1 Å². The maximum absolute atomic E-state index is 12.1. The molecule has 0 spiro atoms. The summed E-state index contributed by atoms with van der Waals surface area (Å²) < 4.78 is 0. The molecule has 0 saturated carbocycles. The zero-order valence-electron chi connectivity index (χ0n) is 11.5. The number of halogens is 2. The van der Waals surface area contributed by atoms with E-state index in [1.54, 1.807) is 18.2 Å². The minimum atomic E-state index is -0.400. The Labute approximate surface area is 132 Å². The summed E-state index contributed by atoms with van der Waals surface area (Å²) in [5.41, 5.74) is 0.626. The lowest BCUT2D eigenvalue weighted by Crippen LogP contribution is -2.16. The van der Waals surface area contributed by atoms with Gasteiger partial charge < -0.3 is 10.6 Å². The standard InChI is InChI=1S/C14H14Cl2N4O/c1-8(2)19-13-7-17-12(6-18-13)14(21)20-11-5-9(15)3-4-10(11)16/h3-8H,1-2H3,(H,18,19)(H,20,21). The molecule has 0 fully saturated rings. The largest absolute Gasteiger partial charge is 0.367 e. The number of amides is 1. The van der Waals surface area contributed by atoms with Crippen molar-refractivity contribution in [3.8, 4) is 0 Å². The minimum Gasteiger partial charge on any atom is -0.367 e. The summed E-state index contributed by atoms with van der Waals surface area (Å²) in [4.78, 5) is 20.3. The van der Waals surface area contributed by atoms with Crippen LogP contribution in [-0.2, 0) is 0 Å². The second kappa shape index (κ2) is 6.74. The molecule has 0 unspecified atom stereocenters. The van der Waals surface area contributed by atoms with Gasteiger partial charge in [-0.3, -0.25) is 4.79 Å². The van der Waals surface area contributed by atoms with Gasteiger partial charge in [0.25, 0.3) is 5.91 Å². The van der Waals surface area contributed by atoms with Crippen LogP contribution in [0.4, 0.5) is 11.5 Å². The number of nitrogens with one attached hydrogen (secondary N) is 2. The van der Waals surface area contributed by atoms with Gasteiger partial charge >= 0.3 is 0 Å². The van der Waals surface area contributed by atoms with E-state index in [0.717, 1.165) is 0 Å². The van der Waals surface area contributed by atoms with E-state index in [9.17, 15) is 4.79 Å². The molecule has 1 heterocycles. The second-order valence-electron chi connectivity index (χ2n) is 4.66. The normalized spacial score (nSPS) is 10.5. The third kappa shape index (κ3) is 4.31. The van der Waals surface area contributed by atoms with Crippen molar-refractivity contribution in [3.63, 3.8) is 0 Å². The quantitative estimate of drug-likeness (QED) is 0.896. The summed E-state index contributed by atoms with van der Waals surface area (Å²) in [6.07, 6.45) is 2.91. The van der Waals surface area contributed by atoms with Crippen LogP contribution in [0, 0.1) is 0 Å². The number of carbonyl (C=O) groups excluding carboxylic acids is 1. The molecule has 0 atom stereocenters. The lowest BCUT2D eigenvalue weighted by atomic mass is 10.3. The first kappa shape index (κ1) is 15.5. The number of carbonyl (C=O) groups is 1. The van der Waals surface area contributed by atoms with Gasteiger partial charge in [-0.2, -0.15) is 0 Å². The number of benzene rings is 1. The van der Waals surface area contributed by atoms with Gasteiger partial charge in [0.15, 0.2) is 0 Å². The Hall–Kier alpha value is -1.85. The SMILES string of the molecule is CC(C)Nc1cnc(C(=O)Nc2cc(Cl)ccc2Cl)cn1. The van der Waals surface area contributed by atoms with Gasteiger partial charge in [0.1, 0.15) is 11.5 Å². The van der Waals surface area contributed by atoms with Gasteiger partial charge in [-0.05, 0) is 32.0 Å². The van der Waals surface area contributed by atoms with E-state index in [2.05, 4.69) is 20.6 Å². The summed E-state index contributed by atoms with van der Waals surface area (Å²) >= 11 is 11.9. The molecule has 2 aromatic rings. The lowest BCUT2D eigenvalue weighted by molar-refractivity contribution is 0.102. The first-order valence-electron chi connectivity index (χ1n) is 6.30. The molecule has 0 bridgehead atoms. The first-order chi connectivity index (χ1) is 9.95. The summed E-state index contributed by atoms with van der Waals surface area (Å²) in [5.74, 6) is 0.213. The molecule has 7 heteroatoms. The Bertz CT molecular complexity index is 644. The van der Waals surface area contributed by atoms with Crippen molar-refractivity contribution in [3.05, 3.63) is 46.3 Å². The topological polar surface area (TPSA) is 66.9 Å². The Kier molecular flexibility index (Phi) is 4.98. The molecule has 21 heavy (non-hydrogen) atoms.